The molecule has 1 rings (SSSR count). The van der Waals surface area contributed by atoms with Gasteiger partial charge in [-0.25, -0.2) is 4.98 Å². The van der Waals surface area contributed by atoms with Gasteiger partial charge in [0.1, 0.15) is 5.01 Å². The van der Waals surface area contributed by atoms with Crippen LogP contribution >= 0.6 is 11.3 Å². The minimum atomic E-state index is -0.0447. The molecule has 0 spiro atoms. The monoisotopic (exact) mass is 166 g/mol. The second kappa shape index (κ2) is 3.86. The number of aliphatic hydroxyl groups excluding tert-OH is 1. The Morgan fingerprint density at radius 3 is 3.18 bits per heavy atom. The predicted octanol–water partition coefficient (Wildman–Crippen LogP) is 1.17. The first kappa shape index (κ1) is 7.92. The summed E-state index contributed by atoms with van der Waals surface area (Å²) in [7, 11) is 0. The SMILES string of the molecule is N#CC=Cc1nc(CO)cs1. The minimum Gasteiger partial charge on any atom is -0.390 e. The van der Waals surface area contributed by atoms with Gasteiger partial charge in [-0.05, 0) is 6.08 Å². The van der Waals surface area contributed by atoms with Crippen LogP contribution < -0.4 is 0 Å². The van der Waals surface area contributed by atoms with Gasteiger partial charge in [0.05, 0.1) is 18.4 Å². The molecule has 0 radical (unpaired) electrons. The van der Waals surface area contributed by atoms with E-state index in [0.29, 0.717) is 5.69 Å². The van der Waals surface area contributed by atoms with Crippen molar-refractivity contribution in [3.8, 4) is 6.07 Å². The minimum absolute atomic E-state index is 0.0447. The van der Waals surface area contributed by atoms with Crippen molar-refractivity contribution in [1.82, 2.24) is 4.98 Å². The lowest BCUT2D eigenvalue weighted by molar-refractivity contribution is 0.277. The Bertz CT molecular complexity index is 298. The molecule has 0 fully saturated rings. The summed E-state index contributed by atoms with van der Waals surface area (Å²) in [5.41, 5.74) is 0.646. The van der Waals surface area contributed by atoms with Gasteiger partial charge in [0, 0.05) is 11.5 Å². The Labute approximate surface area is 68.2 Å². The van der Waals surface area contributed by atoms with Crippen LogP contribution in [-0.4, -0.2) is 10.1 Å². The molecule has 0 amide bonds. The number of nitrogens with zero attached hydrogens (tertiary/aromatic N) is 2. The van der Waals surface area contributed by atoms with Gasteiger partial charge in [-0.2, -0.15) is 5.26 Å². The molecule has 3 nitrogen and oxygen atoms in total. The highest BCUT2D eigenvalue weighted by molar-refractivity contribution is 7.10. The quantitative estimate of drug-likeness (QED) is 0.671. The van der Waals surface area contributed by atoms with Gasteiger partial charge >= 0.3 is 0 Å². The molecule has 11 heavy (non-hydrogen) atoms. The highest BCUT2D eigenvalue weighted by atomic mass is 32.1. The number of thiazole rings is 1. The van der Waals surface area contributed by atoms with E-state index < -0.39 is 0 Å². The number of hydrogen-bond acceptors (Lipinski definition) is 4. The zero-order chi connectivity index (χ0) is 8.10. The van der Waals surface area contributed by atoms with Gasteiger partial charge in [0.2, 0.25) is 0 Å². The average Bonchev–Trinajstić information content (AvgIpc) is 2.48. The third kappa shape index (κ3) is 2.15. The van der Waals surface area contributed by atoms with Crippen molar-refractivity contribution < 1.29 is 5.11 Å². The Hall–Kier alpha value is -1.18. The maximum atomic E-state index is 8.63. The fourth-order valence-electron chi connectivity index (χ4n) is 0.580. The molecule has 0 atom stereocenters. The van der Waals surface area contributed by atoms with Crippen LogP contribution in [0.15, 0.2) is 11.5 Å². The molecule has 0 aliphatic carbocycles. The van der Waals surface area contributed by atoms with Gasteiger partial charge < -0.3 is 5.11 Å². The van der Waals surface area contributed by atoms with Crippen LogP contribution in [0.5, 0.6) is 0 Å². The highest BCUT2D eigenvalue weighted by Gasteiger charge is 1.95. The Morgan fingerprint density at radius 2 is 2.64 bits per heavy atom. The molecule has 0 saturated heterocycles. The van der Waals surface area contributed by atoms with Crippen LogP contribution in [0, 0.1) is 11.3 Å². The van der Waals surface area contributed by atoms with Crippen LogP contribution in [0.3, 0.4) is 0 Å². The zero-order valence-electron chi connectivity index (χ0n) is 5.69. The molecule has 0 bridgehead atoms. The average molecular weight is 166 g/mol. The van der Waals surface area contributed by atoms with Crippen molar-refractivity contribution >= 4 is 17.4 Å². The molecule has 4 heteroatoms. The summed E-state index contributed by atoms with van der Waals surface area (Å²) < 4.78 is 0. The molecule has 1 heterocycles. The molecule has 0 aliphatic heterocycles. The summed E-state index contributed by atoms with van der Waals surface area (Å²) in [6.45, 7) is -0.0447. The highest BCUT2D eigenvalue weighted by Crippen LogP contribution is 2.10. The van der Waals surface area contributed by atoms with Gasteiger partial charge in [-0.1, -0.05) is 0 Å². The molecule has 0 aliphatic rings. The standard InChI is InChI=1S/C7H6N2OS/c8-3-1-2-7-9-6(4-10)5-11-7/h1-2,5,10H,4H2. The largest absolute Gasteiger partial charge is 0.390 e. The third-order valence-corrected chi connectivity index (χ3v) is 1.89. The Kier molecular flexibility index (Phi) is 2.78. The lowest BCUT2D eigenvalue weighted by Crippen LogP contribution is -1.80. The predicted molar refractivity (Wildman–Crippen MR) is 42.7 cm³/mol. The lowest BCUT2D eigenvalue weighted by Gasteiger charge is -1.80. The number of nitriles is 1. The van der Waals surface area contributed by atoms with E-state index in [2.05, 4.69) is 4.98 Å². The maximum Gasteiger partial charge on any atom is 0.117 e. The van der Waals surface area contributed by atoms with Crippen molar-refractivity contribution in [2.75, 3.05) is 0 Å². The molecule has 0 aromatic carbocycles. The van der Waals surface area contributed by atoms with Crippen molar-refractivity contribution in [3.63, 3.8) is 0 Å². The van der Waals surface area contributed by atoms with E-state index in [1.807, 2.05) is 6.07 Å². The van der Waals surface area contributed by atoms with Gasteiger partial charge in [-0.3, -0.25) is 0 Å². The first-order chi connectivity index (χ1) is 5.36. The molecule has 1 N–H and O–H groups in total. The summed E-state index contributed by atoms with van der Waals surface area (Å²) >= 11 is 1.41. The van der Waals surface area contributed by atoms with Gasteiger partial charge in [0.15, 0.2) is 0 Å². The van der Waals surface area contributed by atoms with Crippen molar-refractivity contribution in [1.29, 1.82) is 5.26 Å². The Morgan fingerprint density at radius 1 is 1.82 bits per heavy atom. The summed E-state index contributed by atoms with van der Waals surface area (Å²) in [6.07, 6.45) is 2.98. The molecular weight excluding hydrogens is 160 g/mol. The van der Waals surface area contributed by atoms with Gasteiger partial charge in [0.25, 0.3) is 0 Å². The molecule has 0 unspecified atom stereocenters. The number of aliphatic hydroxyl groups is 1. The molecule has 56 valence electrons. The first-order valence-corrected chi connectivity index (χ1v) is 3.86. The summed E-state index contributed by atoms with van der Waals surface area (Å²) in [4.78, 5) is 4.00. The van der Waals surface area contributed by atoms with Crippen molar-refractivity contribution in [3.05, 3.63) is 22.2 Å². The van der Waals surface area contributed by atoms with Crippen LogP contribution in [0.4, 0.5) is 0 Å². The fraction of sp³-hybridized carbons (Fsp3) is 0.143. The Balaban J connectivity index is 2.74. The molecule has 1 aromatic rings. The van der Waals surface area contributed by atoms with Crippen molar-refractivity contribution in [2.24, 2.45) is 0 Å². The zero-order valence-corrected chi connectivity index (χ0v) is 6.51. The number of aromatic nitrogens is 1. The smallest absolute Gasteiger partial charge is 0.117 e. The van der Waals surface area contributed by atoms with E-state index in [4.69, 9.17) is 10.4 Å². The van der Waals surface area contributed by atoms with E-state index >= 15 is 0 Å². The maximum absolute atomic E-state index is 8.63. The second-order valence-corrected chi connectivity index (χ2v) is 2.69. The van der Waals surface area contributed by atoms with E-state index in [1.165, 1.54) is 17.4 Å². The summed E-state index contributed by atoms with van der Waals surface area (Å²) in [6, 6.07) is 1.87. The molecule has 0 saturated carbocycles. The van der Waals surface area contributed by atoms with Crippen molar-refractivity contribution in [2.45, 2.75) is 6.61 Å². The van der Waals surface area contributed by atoms with E-state index in [9.17, 15) is 0 Å². The molecule has 1 aromatic heterocycles. The van der Waals surface area contributed by atoms with Crippen LogP contribution in [0.25, 0.3) is 6.08 Å². The van der Waals surface area contributed by atoms with Gasteiger partial charge in [-0.15, -0.1) is 11.3 Å². The van der Waals surface area contributed by atoms with E-state index in [-0.39, 0.29) is 6.61 Å². The third-order valence-electron chi connectivity index (χ3n) is 1.03. The fourth-order valence-corrected chi connectivity index (χ4v) is 1.28. The molecular formula is C7H6N2OS. The van der Waals surface area contributed by atoms with E-state index in [0.717, 1.165) is 5.01 Å². The topological polar surface area (TPSA) is 56.9 Å². The number of allylic oxidation sites excluding steroid dienone is 1. The van der Waals surface area contributed by atoms with Crippen LogP contribution in [-0.2, 0) is 6.61 Å². The first-order valence-electron chi connectivity index (χ1n) is 2.98. The number of hydrogen-bond donors (Lipinski definition) is 1. The normalized spacial score (nSPS) is 10.2. The van der Waals surface area contributed by atoms with E-state index in [1.54, 1.807) is 11.5 Å². The van der Waals surface area contributed by atoms with Crippen LogP contribution in [0.2, 0.25) is 0 Å². The lowest BCUT2D eigenvalue weighted by atomic mass is 10.5. The summed E-state index contributed by atoms with van der Waals surface area (Å²) in [5.74, 6) is 0. The summed E-state index contributed by atoms with van der Waals surface area (Å²) in [5, 5.41) is 19.3. The van der Waals surface area contributed by atoms with Crippen LogP contribution in [0.1, 0.15) is 10.7 Å². The number of rotatable bonds is 2. The second-order valence-electron chi connectivity index (χ2n) is 1.80.